The largest absolute Gasteiger partial charge is 0.476 e. The molecule has 1 aromatic rings. The number of sulfonamides is 1. The number of carbonyl (C=O) groups is 1. The molecular weight excluding hydrogens is 292 g/mol. The van der Waals surface area contributed by atoms with E-state index < -0.39 is 22.0 Å². The standard InChI is InChI=1S/C11H13ClN2O4S/c12-5-6-19(16,17)14-7-10(11(13)15)18-9-4-2-1-3-8(9)14/h1-4,10H,5-7H2,(H2,13,15). The summed E-state index contributed by atoms with van der Waals surface area (Å²) in [5.74, 6) is -0.631. The number of amides is 1. The molecule has 0 fully saturated rings. The lowest BCUT2D eigenvalue weighted by Gasteiger charge is -2.33. The molecule has 19 heavy (non-hydrogen) atoms. The van der Waals surface area contributed by atoms with E-state index in [2.05, 4.69) is 0 Å². The van der Waals surface area contributed by atoms with Gasteiger partial charge in [-0.2, -0.15) is 0 Å². The number of primary amides is 1. The van der Waals surface area contributed by atoms with Crippen molar-refractivity contribution in [1.82, 2.24) is 0 Å². The number of rotatable bonds is 4. The maximum absolute atomic E-state index is 12.2. The highest BCUT2D eigenvalue weighted by molar-refractivity contribution is 7.92. The Hall–Kier alpha value is -1.47. The first kappa shape index (κ1) is 14.0. The second-order valence-corrected chi connectivity index (χ2v) is 6.40. The highest BCUT2D eigenvalue weighted by Crippen LogP contribution is 2.34. The number of hydrogen-bond donors (Lipinski definition) is 1. The van der Waals surface area contributed by atoms with Crippen molar-refractivity contribution in [3.05, 3.63) is 24.3 Å². The van der Waals surface area contributed by atoms with Crippen molar-refractivity contribution < 1.29 is 17.9 Å². The Morgan fingerprint density at radius 1 is 1.47 bits per heavy atom. The van der Waals surface area contributed by atoms with Gasteiger partial charge in [0.1, 0.15) is 5.75 Å². The average molecular weight is 305 g/mol. The van der Waals surface area contributed by atoms with Gasteiger partial charge in [0.25, 0.3) is 5.91 Å². The predicted molar refractivity (Wildman–Crippen MR) is 71.9 cm³/mol. The number of nitrogens with two attached hydrogens (primary N) is 1. The summed E-state index contributed by atoms with van der Waals surface area (Å²) in [5, 5.41) is 0. The lowest BCUT2D eigenvalue weighted by molar-refractivity contribution is -0.124. The van der Waals surface area contributed by atoms with Crippen LogP contribution >= 0.6 is 11.6 Å². The molecule has 1 unspecified atom stereocenters. The van der Waals surface area contributed by atoms with Crippen molar-refractivity contribution in [2.24, 2.45) is 5.73 Å². The van der Waals surface area contributed by atoms with E-state index in [4.69, 9.17) is 22.1 Å². The lowest BCUT2D eigenvalue weighted by atomic mass is 10.2. The van der Waals surface area contributed by atoms with E-state index in [9.17, 15) is 13.2 Å². The minimum Gasteiger partial charge on any atom is -0.476 e. The van der Waals surface area contributed by atoms with Crippen LogP contribution in [-0.2, 0) is 14.8 Å². The highest BCUT2D eigenvalue weighted by Gasteiger charge is 2.35. The van der Waals surface area contributed by atoms with Gasteiger partial charge in [0.15, 0.2) is 6.10 Å². The van der Waals surface area contributed by atoms with E-state index in [1.54, 1.807) is 24.3 Å². The van der Waals surface area contributed by atoms with E-state index in [0.717, 1.165) is 4.31 Å². The topological polar surface area (TPSA) is 89.7 Å². The molecule has 1 amide bonds. The van der Waals surface area contributed by atoms with Gasteiger partial charge >= 0.3 is 0 Å². The maximum Gasteiger partial charge on any atom is 0.260 e. The van der Waals surface area contributed by atoms with Crippen LogP contribution in [0.1, 0.15) is 0 Å². The van der Waals surface area contributed by atoms with Gasteiger partial charge < -0.3 is 10.5 Å². The zero-order valence-corrected chi connectivity index (χ0v) is 11.5. The van der Waals surface area contributed by atoms with Gasteiger partial charge in [-0.3, -0.25) is 9.10 Å². The smallest absolute Gasteiger partial charge is 0.260 e. The first-order chi connectivity index (χ1) is 8.95. The molecule has 0 aliphatic carbocycles. The molecule has 0 aromatic heterocycles. The molecule has 0 saturated carbocycles. The van der Waals surface area contributed by atoms with Gasteiger partial charge in [0, 0.05) is 5.88 Å². The number of halogens is 1. The minimum atomic E-state index is -3.60. The van der Waals surface area contributed by atoms with Gasteiger partial charge in [-0.25, -0.2) is 8.42 Å². The summed E-state index contributed by atoms with van der Waals surface area (Å²) in [6.45, 7) is -0.133. The van der Waals surface area contributed by atoms with E-state index >= 15 is 0 Å². The first-order valence-corrected chi connectivity index (χ1v) is 7.71. The normalized spacial score (nSPS) is 18.6. The molecule has 1 aliphatic rings. The van der Waals surface area contributed by atoms with Crippen LogP contribution in [0, 0.1) is 0 Å². The van der Waals surface area contributed by atoms with Crippen LogP contribution in [0.15, 0.2) is 24.3 Å². The Balaban J connectivity index is 2.45. The van der Waals surface area contributed by atoms with Crippen LogP contribution in [0.5, 0.6) is 5.75 Å². The average Bonchev–Trinajstić information content (AvgIpc) is 2.37. The number of anilines is 1. The molecule has 0 spiro atoms. The molecule has 1 aromatic carbocycles. The van der Waals surface area contributed by atoms with Crippen LogP contribution in [0.3, 0.4) is 0 Å². The van der Waals surface area contributed by atoms with Crippen molar-refractivity contribution in [3.8, 4) is 5.75 Å². The summed E-state index contributed by atoms with van der Waals surface area (Å²) < 4.78 is 30.8. The monoisotopic (exact) mass is 304 g/mol. The molecule has 1 atom stereocenters. The number of carbonyl (C=O) groups excluding carboxylic acids is 1. The van der Waals surface area contributed by atoms with E-state index in [1.165, 1.54) is 0 Å². The number of benzene rings is 1. The molecule has 0 radical (unpaired) electrons. The van der Waals surface area contributed by atoms with Crippen LogP contribution in [0.4, 0.5) is 5.69 Å². The Morgan fingerprint density at radius 2 is 2.16 bits per heavy atom. The van der Waals surface area contributed by atoms with Crippen LogP contribution < -0.4 is 14.8 Å². The third kappa shape index (κ3) is 2.76. The molecule has 2 rings (SSSR count). The molecule has 0 saturated heterocycles. The Kier molecular flexibility index (Phi) is 3.86. The van der Waals surface area contributed by atoms with Gasteiger partial charge in [-0.1, -0.05) is 12.1 Å². The van der Waals surface area contributed by atoms with Gasteiger partial charge in [0.2, 0.25) is 10.0 Å². The Bertz CT molecular complexity index is 590. The number of para-hydroxylation sites is 2. The third-order valence-electron chi connectivity index (χ3n) is 2.72. The van der Waals surface area contributed by atoms with Crippen molar-refractivity contribution in [2.45, 2.75) is 6.10 Å². The Labute approximate surface area is 116 Å². The molecular formula is C11H13ClN2O4S. The molecule has 8 heteroatoms. The molecule has 1 aliphatic heterocycles. The predicted octanol–water partition coefficient (Wildman–Crippen LogP) is 0.308. The molecule has 104 valence electrons. The third-order valence-corrected chi connectivity index (χ3v) is 4.87. The van der Waals surface area contributed by atoms with Gasteiger partial charge in [0.05, 0.1) is 18.0 Å². The second-order valence-electron chi connectivity index (χ2n) is 4.01. The zero-order valence-electron chi connectivity index (χ0n) is 9.95. The SMILES string of the molecule is NC(=O)C1CN(S(=O)(=O)CCCl)c2ccccc2O1. The number of alkyl halides is 1. The summed E-state index contributed by atoms with van der Waals surface area (Å²) in [6, 6.07) is 6.58. The summed E-state index contributed by atoms with van der Waals surface area (Å²) in [6.07, 6.45) is -1.000. The second kappa shape index (κ2) is 5.26. The summed E-state index contributed by atoms with van der Waals surface area (Å²) in [4.78, 5) is 11.2. The van der Waals surface area contributed by atoms with Crippen LogP contribution in [-0.4, -0.2) is 38.6 Å². The number of ether oxygens (including phenoxy) is 1. The van der Waals surface area contributed by atoms with Gasteiger partial charge in [-0.15, -0.1) is 11.6 Å². The fraction of sp³-hybridized carbons (Fsp3) is 0.364. The number of hydrogen-bond acceptors (Lipinski definition) is 4. The Morgan fingerprint density at radius 3 is 2.79 bits per heavy atom. The summed E-state index contributed by atoms with van der Waals surface area (Å²) >= 11 is 5.50. The van der Waals surface area contributed by atoms with Crippen molar-refractivity contribution >= 4 is 33.2 Å². The number of nitrogens with zero attached hydrogens (tertiary/aromatic N) is 1. The molecule has 1 heterocycles. The fourth-order valence-electron chi connectivity index (χ4n) is 1.82. The lowest BCUT2D eigenvalue weighted by Crippen LogP contribution is -2.49. The maximum atomic E-state index is 12.2. The van der Waals surface area contributed by atoms with Crippen LogP contribution in [0.25, 0.3) is 0 Å². The van der Waals surface area contributed by atoms with Crippen molar-refractivity contribution in [1.29, 1.82) is 0 Å². The van der Waals surface area contributed by atoms with Crippen LogP contribution in [0.2, 0.25) is 0 Å². The van der Waals surface area contributed by atoms with Crippen molar-refractivity contribution in [3.63, 3.8) is 0 Å². The molecule has 0 bridgehead atoms. The van der Waals surface area contributed by atoms with Crippen molar-refractivity contribution in [2.75, 3.05) is 22.5 Å². The van der Waals surface area contributed by atoms with E-state index in [-0.39, 0.29) is 18.2 Å². The van der Waals surface area contributed by atoms with Gasteiger partial charge in [-0.05, 0) is 12.1 Å². The fourth-order valence-corrected chi connectivity index (χ4v) is 3.63. The van der Waals surface area contributed by atoms with E-state index in [0.29, 0.717) is 11.4 Å². The quantitative estimate of drug-likeness (QED) is 0.811. The zero-order chi connectivity index (χ0) is 14.0. The summed E-state index contributed by atoms with van der Waals surface area (Å²) in [7, 11) is -3.60. The molecule has 2 N–H and O–H groups in total. The summed E-state index contributed by atoms with van der Waals surface area (Å²) in [5.41, 5.74) is 5.59. The minimum absolute atomic E-state index is 0.0247. The van der Waals surface area contributed by atoms with E-state index in [1.807, 2.05) is 0 Å². The number of fused-ring (bicyclic) bond motifs is 1. The first-order valence-electron chi connectivity index (χ1n) is 5.57. The highest BCUT2D eigenvalue weighted by atomic mass is 35.5. The molecule has 6 nitrogen and oxygen atoms in total.